The van der Waals surface area contributed by atoms with Crippen LogP contribution in [0.15, 0.2) is 18.2 Å². The zero-order valence-electron chi connectivity index (χ0n) is 12.8. The maximum absolute atomic E-state index is 5.91. The van der Waals surface area contributed by atoms with Crippen molar-refractivity contribution in [3.8, 4) is 11.4 Å². The predicted octanol–water partition coefficient (Wildman–Crippen LogP) is 3.06. The fourth-order valence-electron chi connectivity index (χ4n) is 3.29. The maximum atomic E-state index is 5.91. The van der Waals surface area contributed by atoms with Crippen molar-refractivity contribution in [1.82, 2.24) is 20.2 Å². The quantitative estimate of drug-likeness (QED) is 0.880. The molecule has 1 aromatic carbocycles. The molecule has 2 atom stereocenters. The summed E-state index contributed by atoms with van der Waals surface area (Å²) in [5, 5.41) is 12.3. The van der Waals surface area contributed by atoms with Gasteiger partial charge >= 0.3 is 0 Å². The van der Waals surface area contributed by atoms with E-state index in [1.165, 1.54) is 25.7 Å². The van der Waals surface area contributed by atoms with Gasteiger partial charge in [0.25, 0.3) is 0 Å². The molecule has 112 valence electrons. The number of nitrogens with two attached hydrogens (primary N) is 1. The van der Waals surface area contributed by atoms with Crippen LogP contribution in [-0.2, 0) is 6.54 Å². The Morgan fingerprint density at radius 3 is 2.90 bits per heavy atom. The number of nitrogen functional groups attached to an aromatic ring is 1. The molecule has 2 N–H and O–H groups in total. The molecule has 1 aliphatic rings. The van der Waals surface area contributed by atoms with E-state index >= 15 is 0 Å². The normalized spacial score (nSPS) is 22.4. The molecule has 1 aromatic heterocycles. The molecule has 5 heteroatoms. The van der Waals surface area contributed by atoms with Crippen LogP contribution >= 0.6 is 0 Å². The summed E-state index contributed by atoms with van der Waals surface area (Å²) in [6.45, 7) is 5.31. The van der Waals surface area contributed by atoms with Crippen LogP contribution in [0.25, 0.3) is 11.4 Å². The lowest BCUT2D eigenvalue weighted by Gasteiger charge is -2.28. The molecule has 1 aliphatic carbocycles. The number of aryl methyl sites for hydroxylation is 1. The minimum Gasteiger partial charge on any atom is -0.399 e. The highest BCUT2D eigenvalue weighted by atomic mass is 15.5. The van der Waals surface area contributed by atoms with Gasteiger partial charge in [0.1, 0.15) is 0 Å². The standard InChI is InChI=1S/C16H23N5/c1-11-5-3-4-6-13(11)10-21-16(18-19-20-21)15-9-14(17)8-7-12(15)2/h7-9,11,13H,3-6,10,17H2,1-2H3. The topological polar surface area (TPSA) is 69.6 Å². The number of benzene rings is 1. The Kier molecular flexibility index (Phi) is 3.90. The number of hydrogen-bond donors (Lipinski definition) is 1. The van der Waals surface area contributed by atoms with Gasteiger partial charge in [0.05, 0.1) is 0 Å². The first-order valence-electron chi connectivity index (χ1n) is 7.78. The van der Waals surface area contributed by atoms with Crippen molar-refractivity contribution < 1.29 is 0 Å². The van der Waals surface area contributed by atoms with E-state index in [0.29, 0.717) is 5.92 Å². The molecule has 1 saturated carbocycles. The molecule has 0 spiro atoms. The van der Waals surface area contributed by atoms with Crippen LogP contribution in [0, 0.1) is 18.8 Å². The Labute approximate surface area is 125 Å². The molecule has 5 nitrogen and oxygen atoms in total. The average Bonchev–Trinajstić information content (AvgIpc) is 2.92. The van der Waals surface area contributed by atoms with Crippen molar-refractivity contribution in [2.24, 2.45) is 11.8 Å². The van der Waals surface area contributed by atoms with Crippen molar-refractivity contribution in [2.45, 2.75) is 46.1 Å². The summed E-state index contributed by atoms with van der Waals surface area (Å²) >= 11 is 0. The summed E-state index contributed by atoms with van der Waals surface area (Å²) < 4.78 is 1.95. The van der Waals surface area contributed by atoms with Crippen molar-refractivity contribution in [1.29, 1.82) is 0 Å². The van der Waals surface area contributed by atoms with Crippen molar-refractivity contribution >= 4 is 5.69 Å². The van der Waals surface area contributed by atoms with Gasteiger partial charge in [-0.1, -0.05) is 32.3 Å². The largest absolute Gasteiger partial charge is 0.399 e. The number of rotatable bonds is 3. The molecule has 0 aliphatic heterocycles. The smallest absolute Gasteiger partial charge is 0.182 e. The summed E-state index contributed by atoms with van der Waals surface area (Å²) in [7, 11) is 0. The van der Waals surface area contributed by atoms with Crippen molar-refractivity contribution in [2.75, 3.05) is 5.73 Å². The van der Waals surface area contributed by atoms with Crippen LogP contribution in [-0.4, -0.2) is 20.2 Å². The Morgan fingerprint density at radius 2 is 2.10 bits per heavy atom. The van der Waals surface area contributed by atoms with Crippen LogP contribution in [0.3, 0.4) is 0 Å². The highest BCUT2D eigenvalue weighted by molar-refractivity contribution is 5.65. The predicted molar refractivity (Wildman–Crippen MR) is 83.5 cm³/mol. The first kappa shape index (κ1) is 14.0. The molecule has 2 unspecified atom stereocenters. The van der Waals surface area contributed by atoms with Crippen LogP contribution in [0.1, 0.15) is 38.2 Å². The van der Waals surface area contributed by atoms with Gasteiger partial charge in [-0.15, -0.1) is 5.10 Å². The minimum absolute atomic E-state index is 0.669. The lowest BCUT2D eigenvalue weighted by Crippen LogP contribution is -2.23. The molecule has 0 amide bonds. The van der Waals surface area contributed by atoms with Gasteiger partial charge in [0.2, 0.25) is 0 Å². The summed E-state index contributed by atoms with van der Waals surface area (Å²) in [4.78, 5) is 0. The molecule has 1 fully saturated rings. The lowest BCUT2D eigenvalue weighted by atomic mass is 9.80. The second-order valence-electron chi connectivity index (χ2n) is 6.28. The molecule has 0 bridgehead atoms. The zero-order chi connectivity index (χ0) is 14.8. The molecular weight excluding hydrogens is 262 g/mol. The lowest BCUT2D eigenvalue weighted by molar-refractivity contribution is 0.221. The molecule has 1 heterocycles. The Bertz CT molecular complexity index is 619. The third-order valence-electron chi connectivity index (χ3n) is 4.73. The number of aromatic nitrogens is 4. The summed E-state index contributed by atoms with van der Waals surface area (Å²) in [5.74, 6) is 2.25. The van der Waals surface area contributed by atoms with Crippen molar-refractivity contribution in [3.05, 3.63) is 23.8 Å². The van der Waals surface area contributed by atoms with E-state index in [2.05, 4.69) is 29.4 Å². The van der Waals surface area contributed by atoms with E-state index in [9.17, 15) is 0 Å². The zero-order valence-corrected chi connectivity index (χ0v) is 12.8. The molecule has 0 saturated heterocycles. The number of hydrogen-bond acceptors (Lipinski definition) is 4. The third kappa shape index (κ3) is 2.91. The van der Waals surface area contributed by atoms with Gasteiger partial charge in [0, 0.05) is 17.8 Å². The van der Waals surface area contributed by atoms with E-state index in [1.807, 2.05) is 22.9 Å². The summed E-state index contributed by atoms with van der Waals surface area (Å²) in [6, 6.07) is 5.89. The monoisotopic (exact) mass is 285 g/mol. The molecule has 3 rings (SSSR count). The second-order valence-corrected chi connectivity index (χ2v) is 6.28. The minimum atomic E-state index is 0.669. The fourth-order valence-corrected chi connectivity index (χ4v) is 3.29. The first-order chi connectivity index (χ1) is 10.1. The van der Waals surface area contributed by atoms with E-state index in [1.54, 1.807) is 0 Å². The van der Waals surface area contributed by atoms with Gasteiger partial charge in [-0.25, -0.2) is 4.68 Å². The van der Waals surface area contributed by atoms with E-state index in [-0.39, 0.29) is 0 Å². The Morgan fingerprint density at radius 1 is 1.29 bits per heavy atom. The summed E-state index contributed by atoms with van der Waals surface area (Å²) in [5.41, 5.74) is 8.84. The van der Waals surface area contributed by atoms with Crippen LogP contribution < -0.4 is 5.73 Å². The molecular formula is C16H23N5. The average molecular weight is 285 g/mol. The SMILES string of the molecule is Cc1ccc(N)cc1-c1nnnn1CC1CCCCC1C. The van der Waals surface area contributed by atoms with Gasteiger partial charge in [-0.3, -0.25) is 0 Å². The van der Waals surface area contributed by atoms with Crippen LogP contribution in [0.4, 0.5) is 5.69 Å². The number of nitrogens with zero attached hydrogens (tertiary/aromatic N) is 4. The Hall–Kier alpha value is -1.91. The second kappa shape index (κ2) is 5.84. The van der Waals surface area contributed by atoms with Crippen LogP contribution in [0.5, 0.6) is 0 Å². The summed E-state index contributed by atoms with van der Waals surface area (Å²) in [6.07, 6.45) is 5.27. The molecule has 21 heavy (non-hydrogen) atoms. The molecule has 0 radical (unpaired) electrons. The molecule has 2 aromatic rings. The maximum Gasteiger partial charge on any atom is 0.182 e. The van der Waals surface area contributed by atoms with E-state index in [4.69, 9.17) is 5.73 Å². The number of anilines is 1. The van der Waals surface area contributed by atoms with E-state index < -0.39 is 0 Å². The Balaban J connectivity index is 1.88. The van der Waals surface area contributed by atoms with Crippen LogP contribution in [0.2, 0.25) is 0 Å². The first-order valence-corrected chi connectivity index (χ1v) is 7.78. The highest BCUT2D eigenvalue weighted by Gasteiger charge is 2.23. The fraction of sp³-hybridized carbons (Fsp3) is 0.562. The van der Waals surface area contributed by atoms with Gasteiger partial charge < -0.3 is 5.73 Å². The van der Waals surface area contributed by atoms with Gasteiger partial charge in [-0.2, -0.15) is 0 Å². The highest BCUT2D eigenvalue weighted by Crippen LogP contribution is 2.32. The third-order valence-corrected chi connectivity index (χ3v) is 4.73. The number of tetrazole rings is 1. The van der Waals surface area contributed by atoms with E-state index in [0.717, 1.165) is 35.1 Å². The van der Waals surface area contributed by atoms with Crippen molar-refractivity contribution in [3.63, 3.8) is 0 Å². The van der Waals surface area contributed by atoms with Gasteiger partial charge in [0.15, 0.2) is 5.82 Å². The van der Waals surface area contributed by atoms with Gasteiger partial charge in [-0.05, 0) is 53.3 Å².